The van der Waals surface area contributed by atoms with Crippen LogP contribution in [-0.4, -0.2) is 32.8 Å². The van der Waals surface area contributed by atoms with Crippen molar-refractivity contribution in [3.05, 3.63) is 23.4 Å². The zero-order valence-corrected chi connectivity index (χ0v) is 18.4. The summed E-state index contributed by atoms with van der Waals surface area (Å²) in [5.41, 5.74) is 2.15. The van der Waals surface area contributed by atoms with Crippen LogP contribution in [0.3, 0.4) is 0 Å². The largest absolute Gasteiger partial charge is 0.598 e. The average molecular weight is 427 g/mol. The molecule has 0 saturated heterocycles. The van der Waals surface area contributed by atoms with Gasteiger partial charge in [0.1, 0.15) is 16.6 Å². The quantitative estimate of drug-likeness (QED) is 0.425. The van der Waals surface area contributed by atoms with Gasteiger partial charge in [0.05, 0.1) is 6.07 Å². The number of nitrogens with zero attached hydrogens (tertiary/aromatic N) is 2. The predicted octanol–water partition coefficient (Wildman–Crippen LogP) is 4.51. The lowest BCUT2D eigenvalue weighted by Crippen LogP contribution is -2.44. The number of anilines is 1. The summed E-state index contributed by atoms with van der Waals surface area (Å²) in [7, 11) is 0. The average Bonchev–Trinajstić information content (AvgIpc) is 2.67. The number of unbranched alkanes of at least 4 members (excludes halogenated alkanes) is 1. The first-order valence-electron chi connectivity index (χ1n) is 10.3. The number of hydrogen-bond acceptors (Lipinski definition) is 5. The van der Waals surface area contributed by atoms with Crippen molar-refractivity contribution in [1.82, 2.24) is 9.71 Å². The van der Waals surface area contributed by atoms with Gasteiger partial charge in [0.15, 0.2) is 0 Å². The van der Waals surface area contributed by atoms with Gasteiger partial charge in [-0.05, 0) is 70.9 Å². The van der Waals surface area contributed by atoms with Crippen molar-refractivity contribution in [2.24, 2.45) is 0 Å². The van der Waals surface area contributed by atoms with E-state index in [1.807, 2.05) is 12.1 Å². The van der Waals surface area contributed by atoms with Gasteiger partial charge in [-0.1, -0.05) is 6.07 Å². The number of halogens is 2. The summed E-state index contributed by atoms with van der Waals surface area (Å²) >= 11 is -1.45. The van der Waals surface area contributed by atoms with Gasteiger partial charge in [-0.3, -0.25) is 0 Å². The molecule has 0 aromatic carbocycles. The number of fused-ring (bicyclic) bond motifs is 1. The minimum Gasteiger partial charge on any atom is -0.598 e. The van der Waals surface area contributed by atoms with Crippen LogP contribution in [0.1, 0.15) is 70.6 Å². The van der Waals surface area contributed by atoms with Crippen molar-refractivity contribution in [1.29, 1.82) is 5.26 Å². The van der Waals surface area contributed by atoms with E-state index in [-0.39, 0.29) is 19.3 Å². The Labute approximate surface area is 176 Å². The van der Waals surface area contributed by atoms with E-state index in [0.29, 0.717) is 19.3 Å². The highest BCUT2D eigenvalue weighted by Crippen LogP contribution is 2.28. The van der Waals surface area contributed by atoms with Crippen molar-refractivity contribution in [2.75, 3.05) is 11.9 Å². The number of alkyl halides is 2. The number of nitriles is 1. The molecule has 1 aromatic heterocycles. The molecule has 8 heteroatoms. The van der Waals surface area contributed by atoms with Crippen LogP contribution in [-0.2, 0) is 24.2 Å². The van der Waals surface area contributed by atoms with Crippen LogP contribution < -0.4 is 10.0 Å². The van der Waals surface area contributed by atoms with E-state index in [2.05, 4.69) is 21.1 Å². The van der Waals surface area contributed by atoms with Crippen LogP contribution in [0.15, 0.2) is 12.1 Å². The standard InChI is InChI=1S/C21H32F2N4OS/c1-20(2,3)29(28)27-18(15-24)11-13-21(22,23)12-5-4-8-17-10-9-16-7-6-14-25-19(16)26-17/h9-10,18,27H,4-8,11-14H2,1-3H3,(H,25,26)/t18?,29-/m1/s1. The van der Waals surface area contributed by atoms with Crippen LogP contribution in [0, 0.1) is 11.3 Å². The third-order valence-electron chi connectivity index (χ3n) is 4.94. The molecular weight excluding hydrogens is 394 g/mol. The third kappa shape index (κ3) is 8.07. The lowest BCUT2D eigenvalue weighted by molar-refractivity contribution is -0.0208. The van der Waals surface area contributed by atoms with Crippen molar-refractivity contribution in [3.8, 4) is 6.07 Å². The first-order valence-corrected chi connectivity index (χ1v) is 11.4. The van der Waals surface area contributed by atoms with E-state index in [0.717, 1.165) is 30.9 Å². The summed E-state index contributed by atoms with van der Waals surface area (Å²) in [6.45, 7) is 6.24. The Morgan fingerprint density at radius 1 is 1.31 bits per heavy atom. The van der Waals surface area contributed by atoms with Crippen molar-refractivity contribution < 1.29 is 13.3 Å². The molecule has 2 heterocycles. The SMILES string of the molecule is CC(C)(C)[S@@+]([O-])NC(C#N)CCC(F)(F)CCCCc1ccc2c(n1)NCCC2. The topological polar surface area (TPSA) is 83.8 Å². The summed E-state index contributed by atoms with van der Waals surface area (Å²) in [5.74, 6) is -1.90. The number of aromatic nitrogens is 1. The smallest absolute Gasteiger partial charge is 0.248 e. The van der Waals surface area contributed by atoms with Crippen LogP contribution >= 0.6 is 0 Å². The number of hydrogen-bond donors (Lipinski definition) is 2. The zero-order chi connectivity index (χ0) is 21.5. The fourth-order valence-electron chi connectivity index (χ4n) is 3.13. The molecule has 1 unspecified atom stereocenters. The second kappa shape index (κ2) is 10.6. The Kier molecular flexibility index (Phi) is 8.68. The molecule has 162 valence electrons. The minimum absolute atomic E-state index is 0.0244. The van der Waals surface area contributed by atoms with Gasteiger partial charge < -0.3 is 9.87 Å². The summed E-state index contributed by atoms with van der Waals surface area (Å²) in [6, 6.07) is 5.17. The number of pyridine rings is 1. The molecule has 0 radical (unpaired) electrons. The van der Waals surface area contributed by atoms with Crippen LogP contribution in [0.5, 0.6) is 0 Å². The molecular formula is C21H32F2N4OS. The molecule has 0 fully saturated rings. The Morgan fingerprint density at radius 2 is 2.07 bits per heavy atom. The lowest BCUT2D eigenvalue weighted by Gasteiger charge is -2.26. The van der Waals surface area contributed by atoms with E-state index >= 15 is 0 Å². The van der Waals surface area contributed by atoms with E-state index in [1.54, 1.807) is 20.8 Å². The maximum absolute atomic E-state index is 14.2. The lowest BCUT2D eigenvalue weighted by atomic mass is 10.0. The van der Waals surface area contributed by atoms with Crippen LogP contribution in [0.4, 0.5) is 14.6 Å². The monoisotopic (exact) mass is 426 g/mol. The molecule has 1 aliphatic heterocycles. The fraction of sp³-hybridized carbons (Fsp3) is 0.714. The van der Waals surface area contributed by atoms with Crippen molar-refractivity contribution in [2.45, 2.75) is 88.8 Å². The van der Waals surface area contributed by atoms with E-state index < -0.39 is 28.1 Å². The summed E-state index contributed by atoms with van der Waals surface area (Å²) in [4.78, 5) is 4.59. The highest BCUT2D eigenvalue weighted by atomic mass is 32.2. The Bertz CT molecular complexity index is 703. The molecule has 0 spiro atoms. The van der Waals surface area contributed by atoms with E-state index in [9.17, 15) is 13.3 Å². The maximum atomic E-state index is 14.2. The maximum Gasteiger partial charge on any atom is 0.248 e. The van der Waals surface area contributed by atoms with Crippen molar-refractivity contribution in [3.63, 3.8) is 0 Å². The second-order valence-electron chi connectivity index (χ2n) is 8.62. The molecule has 0 aliphatic carbocycles. The van der Waals surface area contributed by atoms with Gasteiger partial charge in [-0.25, -0.2) is 13.8 Å². The molecule has 2 rings (SSSR count). The van der Waals surface area contributed by atoms with E-state index in [1.165, 1.54) is 5.56 Å². The Hall–Kier alpha value is -1.43. The Morgan fingerprint density at radius 3 is 2.76 bits per heavy atom. The number of rotatable bonds is 10. The number of nitrogens with one attached hydrogen (secondary N) is 2. The molecule has 0 amide bonds. The van der Waals surface area contributed by atoms with Gasteiger partial charge in [0.25, 0.3) is 0 Å². The third-order valence-corrected chi connectivity index (χ3v) is 6.55. The molecule has 5 nitrogen and oxygen atoms in total. The van der Waals surface area contributed by atoms with Gasteiger partial charge >= 0.3 is 0 Å². The summed E-state index contributed by atoms with van der Waals surface area (Å²) < 4.78 is 42.6. The fourth-order valence-corrected chi connectivity index (χ4v) is 3.92. The van der Waals surface area contributed by atoms with Gasteiger partial charge in [0, 0.05) is 36.4 Å². The molecule has 2 atom stereocenters. The first-order chi connectivity index (χ1) is 13.6. The highest BCUT2D eigenvalue weighted by molar-refractivity contribution is 7.90. The minimum atomic E-state index is -2.83. The predicted molar refractivity (Wildman–Crippen MR) is 113 cm³/mol. The molecule has 0 saturated carbocycles. The second-order valence-corrected chi connectivity index (χ2v) is 10.6. The van der Waals surface area contributed by atoms with Gasteiger partial charge in [-0.2, -0.15) is 5.26 Å². The molecule has 1 aromatic rings. The van der Waals surface area contributed by atoms with Crippen LogP contribution in [0.25, 0.3) is 0 Å². The Balaban J connectivity index is 1.71. The molecule has 2 N–H and O–H groups in total. The van der Waals surface area contributed by atoms with Crippen LogP contribution in [0.2, 0.25) is 0 Å². The van der Waals surface area contributed by atoms with Crippen molar-refractivity contribution >= 4 is 17.2 Å². The molecule has 1 aliphatic rings. The number of aryl methyl sites for hydroxylation is 2. The van der Waals surface area contributed by atoms with Gasteiger partial charge in [-0.15, -0.1) is 4.72 Å². The summed E-state index contributed by atoms with van der Waals surface area (Å²) in [5, 5.41) is 12.4. The van der Waals surface area contributed by atoms with Gasteiger partial charge in [0.2, 0.25) is 5.92 Å². The highest BCUT2D eigenvalue weighted by Gasteiger charge is 2.33. The zero-order valence-electron chi connectivity index (χ0n) is 17.6. The van der Waals surface area contributed by atoms with E-state index in [4.69, 9.17) is 5.26 Å². The normalized spacial score (nSPS) is 16.4. The summed E-state index contributed by atoms with van der Waals surface area (Å²) in [6.07, 6.45) is 3.24. The molecule has 29 heavy (non-hydrogen) atoms. The molecule has 0 bridgehead atoms. The first kappa shape index (κ1) is 23.8.